The maximum atomic E-state index is 10.6. The van der Waals surface area contributed by atoms with Gasteiger partial charge in [0.2, 0.25) is 0 Å². The number of pyridine rings is 1. The molecule has 0 aliphatic rings. The molecule has 2 heterocycles. The monoisotopic (exact) mass is 183 g/mol. The Balaban J connectivity index is 0.000000980. The maximum absolute atomic E-state index is 10.6. The Labute approximate surface area is 91.9 Å². The van der Waals surface area contributed by atoms with Crippen LogP contribution in [0.15, 0.2) is 18.3 Å². The van der Waals surface area contributed by atoms with Gasteiger partial charge in [0.15, 0.2) is 11.5 Å². The van der Waals surface area contributed by atoms with E-state index in [1.807, 2.05) is 13.0 Å². The average molecular weight is 183 g/mol. The summed E-state index contributed by atoms with van der Waals surface area (Å²) in [6.45, 7) is 1.84. The van der Waals surface area contributed by atoms with E-state index in [2.05, 4.69) is 10.2 Å². The number of aromatic nitrogens is 3. The van der Waals surface area contributed by atoms with Gasteiger partial charge in [-0.15, -0.1) is 10.2 Å². The zero-order valence-electron chi connectivity index (χ0n) is 7.89. The van der Waals surface area contributed by atoms with Crippen LogP contribution in [-0.4, -0.2) is 20.6 Å². The molecule has 2 rings (SSSR count). The van der Waals surface area contributed by atoms with Crippen LogP contribution in [-0.2, 0) is 0 Å². The van der Waals surface area contributed by atoms with E-state index in [1.54, 1.807) is 12.3 Å². The number of hydrogen-bond acceptors (Lipinski definition) is 4. The molecule has 0 N–H and O–H groups in total. The van der Waals surface area contributed by atoms with Crippen molar-refractivity contribution in [1.29, 1.82) is 0 Å². The van der Waals surface area contributed by atoms with E-state index >= 15 is 0 Å². The fraction of sp³-hybridized carbons (Fsp3) is 0.125. The molecule has 0 radical (unpaired) electrons. The summed E-state index contributed by atoms with van der Waals surface area (Å²) in [6, 6.07) is 3.57. The second-order valence-electron chi connectivity index (χ2n) is 2.70. The van der Waals surface area contributed by atoms with Crippen molar-refractivity contribution < 1.29 is 28.8 Å². The number of rotatable bonds is 1. The molecule has 0 spiro atoms. The van der Waals surface area contributed by atoms with E-state index in [4.69, 9.17) is 0 Å². The van der Waals surface area contributed by atoms with Crippen LogP contribution < -0.4 is 24.0 Å². The van der Waals surface area contributed by atoms with Crippen LogP contribution in [0, 0.1) is 6.92 Å². The standard InChI is InChI=1S/C8H7N3O2.Li/c1-5-3-2-4-11-6(5)9-10-7(11)8(12)13;/h2-4H,1H3,(H,12,13);/q;+1/p-1. The first kappa shape index (κ1) is 10.8. The summed E-state index contributed by atoms with van der Waals surface area (Å²) in [5.74, 6) is -1.49. The van der Waals surface area contributed by atoms with Gasteiger partial charge in [-0.25, -0.2) is 0 Å². The second kappa shape index (κ2) is 3.82. The molecule has 14 heavy (non-hydrogen) atoms. The van der Waals surface area contributed by atoms with Gasteiger partial charge in [-0.1, -0.05) is 6.07 Å². The average Bonchev–Trinajstić information content (AvgIpc) is 2.48. The number of carbonyl (C=O) groups is 1. The molecule has 66 valence electrons. The minimum Gasteiger partial charge on any atom is -0.541 e. The van der Waals surface area contributed by atoms with Gasteiger partial charge in [0.1, 0.15) is 5.97 Å². The predicted octanol–water partition coefficient (Wildman–Crippen LogP) is -3.59. The molecular formula is C8H6LiN3O2. The van der Waals surface area contributed by atoms with Crippen molar-refractivity contribution in [2.75, 3.05) is 0 Å². The maximum Gasteiger partial charge on any atom is 1.00 e. The molecular weight excluding hydrogens is 177 g/mol. The zero-order chi connectivity index (χ0) is 9.42. The molecule has 0 atom stereocenters. The van der Waals surface area contributed by atoms with Crippen LogP contribution in [0.1, 0.15) is 16.2 Å². The van der Waals surface area contributed by atoms with Crippen molar-refractivity contribution in [3.05, 3.63) is 29.7 Å². The molecule has 2 aromatic heterocycles. The number of carboxylic acids is 1. The quantitative estimate of drug-likeness (QED) is 0.428. The van der Waals surface area contributed by atoms with E-state index in [-0.39, 0.29) is 24.7 Å². The van der Waals surface area contributed by atoms with Crippen molar-refractivity contribution in [1.82, 2.24) is 14.6 Å². The first-order valence-corrected chi connectivity index (χ1v) is 3.72. The second-order valence-corrected chi connectivity index (χ2v) is 2.70. The zero-order valence-corrected chi connectivity index (χ0v) is 7.89. The Morgan fingerprint density at radius 2 is 2.21 bits per heavy atom. The molecule has 0 fully saturated rings. The van der Waals surface area contributed by atoms with Crippen molar-refractivity contribution in [2.45, 2.75) is 6.92 Å². The van der Waals surface area contributed by atoms with Crippen molar-refractivity contribution in [3.63, 3.8) is 0 Å². The minimum atomic E-state index is -1.32. The van der Waals surface area contributed by atoms with Crippen LogP contribution in [0.5, 0.6) is 0 Å². The van der Waals surface area contributed by atoms with Crippen molar-refractivity contribution in [3.8, 4) is 0 Å². The summed E-state index contributed by atoms with van der Waals surface area (Å²) in [6.07, 6.45) is 1.59. The number of nitrogens with zero attached hydrogens (tertiary/aromatic N) is 3. The molecule has 5 nitrogen and oxygen atoms in total. The van der Waals surface area contributed by atoms with Crippen LogP contribution in [0.25, 0.3) is 5.65 Å². The molecule has 6 heteroatoms. The Morgan fingerprint density at radius 1 is 1.50 bits per heavy atom. The Morgan fingerprint density at radius 3 is 2.86 bits per heavy atom. The van der Waals surface area contributed by atoms with Gasteiger partial charge < -0.3 is 9.90 Å². The molecule has 0 aromatic carbocycles. The molecule has 0 saturated heterocycles. The molecule has 0 saturated carbocycles. The largest absolute Gasteiger partial charge is 1.00 e. The third-order valence-electron chi connectivity index (χ3n) is 1.81. The first-order chi connectivity index (χ1) is 6.20. The molecule has 0 unspecified atom stereocenters. The van der Waals surface area contributed by atoms with Gasteiger partial charge in [0, 0.05) is 6.20 Å². The van der Waals surface area contributed by atoms with Crippen molar-refractivity contribution in [2.24, 2.45) is 0 Å². The Kier molecular flexibility index (Phi) is 2.94. The third kappa shape index (κ3) is 1.52. The van der Waals surface area contributed by atoms with E-state index in [1.165, 1.54) is 4.40 Å². The number of carboxylic acid groups (broad SMARTS) is 1. The number of fused-ring (bicyclic) bond motifs is 1. The Bertz CT molecular complexity index is 480. The van der Waals surface area contributed by atoms with E-state index < -0.39 is 5.97 Å². The van der Waals surface area contributed by atoms with E-state index in [9.17, 15) is 9.90 Å². The number of carbonyl (C=O) groups excluding carboxylic acids is 1. The van der Waals surface area contributed by atoms with Crippen LogP contribution >= 0.6 is 0 Å². The van der Waals surface area contributed by atoms with Crippen LogP contribution in [0.2, 0.25) is 0 Å². The fourth-order valence-corrected chi connectivity index (χ4v) is 1.19. The first-order valence-electron chi connectivity index (χ1n) is 3.72. The van der Waals surface area contributed by atoms with Gasteiger partial charge in [-0.05, 0) is 18.6 Å². The van der Waals surface area contributed by atoms with Gasteiger partial charge in [-0.3, -0.25) is 4.40 Å². The van der Waals surface area contributed by atoms with E-state index in [0.717, 1.165) is 5.56 Å². The van der Waals surface area contributed by atoms with Gasteiger partial charge >= 0.3 is 18.9 Å². The molecule has 0 amide bonds. The van der Waals surface area contributed by atoms with Gasteiger partial charge in [0.05, 0.1) is 0 Å². The smallest absolute Gasteiger partial charge is 0.541 e. The number of aryl methyl sites for hydroxylation is 1. The fourth-order valence-electron chi connectivity index (χ4n) is 1.19. The topological polar surface area (TPSA) is 70.3 Å². The molecule has 2 aromatic rings. The number of aromatic carboxylic acids is 1. The summed E-state index contributed by atoms with van der Waals surface area (Å²) < 4.78 is 1.39. The summed E-state index contributed by atoms with van der Waals surface area (Å²) in [7, 11) is 0. The summed E-state index contributed by atoms with van der Waals surface area (Å²) in [5.41, 5.74) is 1.42. The summed E-state index contributed by atoms with van der Waals surface area (Å²) in [4.78, 5) is 10.6. The van der Waals surface area contributed by atoms with Crippen LogP contribution in [0.3, 0.4) is 0 Å². The normalized spacial score (nSPS) is 9.79. The number of hydrogen-bond donors (Lipinski definition) is 0. The molecule has 0 aliphatic heterocycles. The molecule has 0 bridgehead atoms. The van der Waals surface area contributed by atoms with Gasteiger partial charge in [-0.2, -0.15) is 0 Å². The minimum absolute atomic E-state index is 0. The Hall–Kier alpha value is -1.31. The van der Waals surface area contributed by atoms with E-state index in [0.29, 0.717) is 5.65 Å². The van der Waals surface area contributed by atoms with Gasteiger partial charge in [0.25, 0.3) is 0 Å². The molecule has 0 aliphatic carbocycles. The third-order valence-corrected chi connectivity index (χ3v) is 1.81. The summed E-state index contributed by atoms with van der Waals surface area (Å²) in [5, 5.41) is 17.8. The van der Waals surface area contributed by atoms with Crippen LogP contribution in [0.4, 0.5) is 0 Å². The SMILES string of the molecule is Cc1cccn2c(C(=O)[O-])nnc12.[Li+]. The summed E-state index contributed by atoms with van der Waals surface area (Å²) >= 11 is 0. The predicted molar refractivity (Wildman–Crippen MR) is 42.1 cm³/mol. The van der Waals surface area contributed by atoms with Crippen molar-refractivity contribution >= 4 is 11.6 Å².